The van der Waals surface area contributed by atoms with E-state index in [1.807, 2.05) is 19.1 Å². The van der Waals surface area contributed by atoms with Gasteiger partial charge in [0.1, 0.15) is 0 Å². The van der Waals surface area contributed by atoms with E-state index in [0.717, 1.165) is 5.56 Å². The zero-order chi connectivity index (χ0) is 13.3. The van der Waals surface area contributed by atoms with Crippen LogP contribution in [0.2, 0.25) is 0 Å². The van der Waals surface area contributed by atoms with Crippen LogP contribution in [-0.2, 0) is 0 Å². The van der Waals surface area contributed by atoms with E-state index < -0.39 is 11.1 Å². The van der Waals surface area contributed by atoms with E-state index in [1.165, 1.54) is 0 Å². The Balaban J connectivity index is 2.83. The van der Waals surface area contributed by atoms with Crippen LogP contribution in [0.1, 0.15) is 43.6 Å². The molecule has 0 saturated carbocycles. The number of hydrogen-bond donors (Lipinski definition) is 2. The standard InChI is InChI=1S/C14H21NO2/c1-10-6-8-11(9-7-10)12(16)15-13(2,3)14(4,5)17/h6-9,17H,1-5H3,(H,15,16). The lowest BCUT2D eigenvalue weighted by molar-refractivity contribution is -0.00292. The van der Waals surface area contributed by atoms with Gasteiger partial charge in [0.25, 0.3) is 5.91 Å². The van der Waals surface area contributed by atoms with Crippen molar-refractivity contribution >= 4 is 5.91 Å². The third-order valence-electron chi connectivity index (χ3n) is 3.27. The SMILES string of the molecule is Cc1ccc(C(=O)NC(C)(C)C(C)(C)O)cc1. The second-order valence-corrected chi connectivity index (χ2v) is 5.50. The maximum Gasteiger partial charge on any atom is 0.251 e. The first-order valence-corrected chi connectivity index (χ1v) is 5.75. The highest BCUT2D eigenvalue weighted by molar-refractivity contribution is 5.94. The summed E-state index contributed by atoms with van der Waals surface area (Å²) in [7, 11) is 0. The molecule has 1 aromatic carbocycles. The van der Waals surface area contributed by atoms with Crippen LogP contribution in [0, 0.1) is 6.92 Å². The van der Waals surface area contributed by atoms with E-state index in [1.54, 1.807) is 39.8 Å². The summed E-state index contributed by atoms with van der Waals surface area (Å²) in [6, 6.07) is 7.36. The Morgan fingerprint density at radius 2 is 1.59 bits per heavy atom. The highest BCUT2D eigenvalue weighted by Gasteiger charge is 2.36. The maximum atomic E-state index is 12.0. The molecule has 1 amide bonds. The molecule has 0 saturated heterocycles. The van der Waals surface area contributed by atoms with Crippen molar-refractivity contribution in [3.63, 3.8) is 0 Å². The molecule has 0 radical (unpaired) electrons. The third-order valence-corrected chi connectivity index (χ3v) is 3.27. The second-order valence-electron chi connectivity index (χ2n) is 5.50. The number of carbonyl (C=O) groups excluding carboxylic acids is 1. The maximum absolute atomic E-state index is 12.0. The van der Waals surface area contributed by atoms with Crippen LogP contribution in [0.3, 0.4) is 0 Å². The van der Waals surface area contributed by atoms with Crippen molar-refractivity contribution in [2.24, 2.45) is 0 Å². The van der Waals surface area contributed by atoms with E-state index in [-0.39, 0.29) is 5.91 Å². The number of aryl methyl sites for hydroxylation is 1. The molecule has 0 bridgehead atoms. The Morgan fingerprint density at radius 1 is 1.12 bits per heavy atom. The molecule has 0 spiro atoms. The number of aliphatic hydroxyl groups is 1. The van der Waals surface area contributed by atoms with Crippen molar-refractivity contribution in [3.05, 3.63) is 35.4 Å². The lowest BCUT2D eigenvalue weighted by atomic mass is 9.85. The van der Waals surface area contributed by atoms with Gasteiger partial charge in [-0.15, -0.1) is 0 Å². The van der Waals surface area contributed by atoms with Crippen LogP contribution < -0.4 is 5.32 Å². The molecule has 94 valence electrons. The fraction of sp³-hybridized carbons (Fsp3) is 0.500. The minimum absolute atomic E-state index is 0.169. The molecule has 0 aliphatic heterocycles. The molecule has 0 atom stereocenters. The van der Waals surface area contributed by atoms with Crippen LogP contribution in [0.5, 0.6) is 0 Å². The molecule has 0 heterocycles. The van der Waals surface area contributed by atoms with Crippen LogP contribution in [-0.4, -0.2) is 22.2 Å². The van der Waals surface area contributed by atoms with Gasteiger partial charge in [0.05, 0.1) is 11.1 Å². The van der Waals surface area contributed by atoms with Gasteiger partial charge in [-0.2, -0.15) is 0 Å². The van der Waals surface area contributed by atoms with E-state index in [4.69, 9.17) is 0 Å². The number of rotatable bonds is 3. The molecule has 1 aromatic rings. The Kier molecular flexibility index (Phi) is 3.62. The van der Waals surface area contributed by atoms with Crippen LogP contribution in [0.15, 0.2) is 24.3 Å². The van der Waals surface area contributed by atoms with E-state index in [9.17, 15) is 9.90 Å². The first kappa shape index (κ1) is 13.7. The monoisotopic (exact) mass is 235 g/mol. The van der Waals surface area contributed by atoms with Gasteiger partial charge >= 0.3 is 0 Å². The summed E-state index contributed by atoms with van der Waals surface area (Å²) in [4.78, 5) is 12.0. The first-order chi connectivity index (χ1) is 7.63. The minimum Gasteiger partial charge on any atom is -0.388 e. The van der Waals surface area contributed by atoms with Crippen molar-refractivity contribution in [1.82, 2.24) is 5.32 Å². The zero-order valence-electron chi connectivity index (χ0n) is 11.2. The molecule has 0 fully saturated rings. The predicted molar refractivity (Wildman–Crippen MR) is 69.0 cm³/mol. The summed E-state index contributed by atoms with van der Waals surface area (Å²) < 4.78 is 0. The summed E-state index contributed by atoms with van der Waals surface area (Å²) in [6.07, 6.45) is 0. The fourth-order valence-corrected chi connectivity index (χ4v) is 1.21. The van der Waals surface area contributed by atoms with Crippen molar-refractivity contribution in [1.29, 1.82) is 0 Å². The Labute approximate surface area is 103 Å². The molecule has 0 aliphatic carbocycles. The summed E-state index contributed by atoms with van der Waals surface area (Å²) in [6.45, 7) is 8.95. The molecule has 2 N–H and O–H groups in total. The van der Waals surface area contributed by atoms with Gasteiger partial charge in [0.15, 0.2) is 0 Å². The first-order valence-electron chi connectivity index (χ1n) is 5.75. The lowest BCUT2D eigenvalue weighted by Gasteiger charge is -2.38. The molecule has 3 nitrogen and oxygen atoms in total. The summed E-state index contributed by atoms with van der Waals surface area (Å²) in [5.41, 5.74) is 0.0544. The normalized spacial score (nSPS) is 12.4. The van der Waals surface area contributed by atoms with Crippen LogP contribution in [0.25, 0.3) is 0 Å². The van der Waals surface area contributed by atoms with E-state index in [0.29, 0.717) is 5.56 Å². The minimum atomic E-state index is -0.979. The largest absolute Gasteiger partial charge is 0.388 e. The number of benzene rings is 1. The van der Waals surface area contributed by atoms with Crippen LogP contribution >= 0.6 is 0 Å². The third kappa shape index (κ3) is 3.30. The predicted octanol–water partition coefficient (Wildman–Crippen LogP) is 2.27. The molecular weight excluding hydrogens is 214 g/mol. The molecule has 3 heteroatoms. The molecule has 1 rings (SSSR count). The number of amides is 1. The second kappa shape index (κ2) is 4.49. The van der Waals surface area contributed by atoms with Gasteiger partial charge in [-0.3, -0.25) is 4.79 Å². The zero-order valence-corrected chi connectivity index (χ0v) is 11.2. The van der Waals surface area contributed by atoms with Gasteiger partial charge in [0.2, 0.25) is 0 Å². The molecular formula is C14H21NO2. The van der Waals surface area contributed by atoms with Gasteiger partial charge in [0, 0.05) is 5.56 Å². The van der Waals surface area contributed by atoms with Crippen molar-refractivity contribution < 1.29 is 9.90 Å². The summed E-state index contributed by atoms with van der Waals surface area (Å²) in [5.74, 6) is -0.169. The highest BCUT2D eigenvalue weighted by atomic mass is 16.3. The van der Waals surface area contributed by atoms with Crippen molar-refractivity contribution in [2.75, 3.05) is 0 Å². The van der Waals surface area contributed by atoms with Gasteiger partial charge in [-0.05, 0) is 46.8 Å². The summed E-state index contributed by atoms with van der Waals surface area (Å²) in [5, 5.41) is 12.8. The summed E-state index contributed by atoms with van der Waals surface area (Å²) >= 11 is 0. The molecule has 17 heavy (non-hydrogen) atoms. The number of nitrogens with one attached hydrogen (secondary N) is 1. The van der Waals surface area contributed by atoms with Gasteiger partial charge in [-0.25, -0.2) is 0 Å². The van der Waals surface area contributed by atoms with Crippen molar-refractivity contribution in [2.45, 2.75) is 45.8 Å². The topological polar surface area (TPSA) is 49.3 Å². The van der Waals surface area contributed by atoms with Gasteiger partial charge in [-0.1, -0.05) is 17.7 Å². The van der Waals surface area contributed by atoms with E-state index in [2.05, 4.69) is 5.32 Å². The Morgan fingerprint density at radius 3 is 2.00 bits per heavy atom. The average Bonchev–Trinajstić information content (AvgIpc) is 2.16. The average molecular weight is 235 g/mol. The van der Waals surface area contributed by atoms with Crippen molar-refractivity contribution in [3.8, 4) is 0 Å². The number of carbonyl (C=O) groups is 1. The quantitative estimate of drug-likeness (QED) is 0.844. The molecule has 0 aromatic heterocycles. The number of hydrogen-bond acceptors (Lipinski definition) is 2. The smallest absolute Gasteiger partial charge is 0.251 e. The molecule has 0 unspecified atom stereocenters. The van der Waals surface area contributed by atoms with Gasteiger partial charge < -0.3 is 10.4 Å². The Bertz CT molecular complexity index is 399. The van der Waals surface area contributed by atoms with Crippen LogP contribution in [0.4, 0.5) is 0 Å². The van der Waals surface area contributed by atoms with E-state index >= 15 is 0 Å². The highest BCUT2D eigenvalue weighted by Crippen LogP contribution is 2.21. The molecule has 0 aliphatic rings. The lowest BCUT2D eigenvalue weighted by Crippen LogP contribution is -2.57. The fourth-order valence-electron chi connectivity index (χ4n) is 1.21. The Hall–Kier alpha value is -1.35.